The zero-order valence-electron chi connectivity index (χ0n) is 10.4. The molecule has 4 nitrogen and oxygen atoms in total. The number of carboxylic acids is 1. The molecule has 98 valence electrons. The molecule has 0 amide bonds. The lowest BCUT2D eigenvalue weighted by atomic mass is 10.1. The third-order valence-corrected chi connectivity index (χ3v) is 3.59. The summed E-state index contributed by atoms with van der Waals surface area (Å²) in [6.07, 6.45) is 0. The standard InChI is InChI=1S/C13H17ClN2O2/c1-2-15-5-7-16(8-6-15)12-9-10(14)3-4-11(12)13(17)18/h3-4,9H,2,5-8H2,1H3,(H,17,18). The van der Waals surface area contributed by atoms with E-state index in [9.17, 15) is 9.90 Å². The second-order valence-corrected chi connectivity index (χ2v) is 4.82. The zero-order chi connectivity index (χ0) is 13.1. The molecule has 0 spiro atoms. The first-order chi connectivity index (χ1) is 8.61. The molecule has 0 aliphatic carbocycles. The number of aromatic carboxylic acids is 1. The number of hydrogen-bond acceptors (Lipinski definition) is 3. The Morgan fingerprint density at radius 2 is 2.00 bits per heavy atom. The summed E-state index contributed by atoms with van der Waals surface area (Å²) in [6.45, 7) is 6.78. The number of piperazine rings is 1. The van der Waals surface area contributed by atoms with E-state index in [4.69, 9.17) is 11.6 Å². The molecule has 1 aromatic rings. The van der Waals surface area contributed by atoms with Crippen LogP contribution in [0.2, 0.25) is 5.02 Å². The van der Waals surface area contributed by atoms with Gasteiger partial charge in [0.15, 0.2) is 0 Å². The van der Waals surface area contributed by atoms with Crippen LogP contribution in [0.5, 0.6) is 0 Å². The maximum absolute atomic E-state index is 11.2. The van der Waals surface area contributed by atoms with E-state index in [-0.39, 0.29) is 0 Å². The highest BCUT2D eigenvalue weighted by Crippen LogP contribution is 2.26. The second kappa shape index (κ2) is 5.59. The summed E-state index contributed by atoms with van der Waals surface area (Å²) in [7, 11) is 0. The molecule has 1 saturated heterocycles. The Morgan fingerprint density at radius 3 is 2.56 bits per heavy atom. The Labute approximate surface area is 112 Å². The molecule has 18 heavy (non-hydrogen) atoms. The van der Waals surface area contributed by atoms with Gasteiger partial charge in [-0.2, -0.15) is 0 Å². The topological polar surface area (TPSA) is 43.8 Å². The predicted octanol–water partition coefficient (Wildman–Crippen LogP) is 2.18. The van der Waals surface area contributed by atoms with Gasteiger partial charge in [0, 0.05) is 31.2 Å². The van der Waals surface area contributed by atoms with E-state index in [1.165, 1.54) is 0 Å². The molecule has 0 atom stereocenters. The van der Waals surface area contributed by atoms with Gasteiger partial charge in [0.1, 0.15) is 0 Å². The monoisotopic (exact) mass is 268 g/mol. The van der Waals surface area contributed by atoms with E-state index < -0.39 is 5.97 Å². The van der Waals surface area contributed by atoms with E-state index in [0.717, 1.165) is 38.4 Å². The molecule has 0 unspecified atom stereocenters. The molecular formula is C13H17ClN2O2. The minimum Gasteiger partial charge on any atom is -0.478 e. The van der Waals surface area contributed by atoms with Crippen LogP contribution >= 0.6 is 11.6 Å². The summed E-state index contributed by atoms with van der Waals surface area (Å²) in [5, 5.41) is 9.78. The Balaban J connectivity index is 2.22. The third kappa shape index (κ3) is 2.76. The second-order valence-electron chi connectivity index (χ2n) is 4.39. The molecule has 1 N–H and O–H groups in total. The van der Waals surface area contributed by atoms with Gasteiger partial charge in [-0.1, -0.05) is 18.5 Å². The number of hydrogen-bond donors (Lipinski definition) is 1. The van der Waals surface area contributed by atoms with Crippen LogP contribution in [-0.4, -0.2) is 48.7 Å². The number of nitrogens with zero attached hydrogens (tertiary/aromatic N) is 2. The van der Waals surface area contributed by atoms with Crippen molar-refractivity contribution in [2.75, 3.05) is 37.6 Å². The molecule has 1 aromatic carbocycles. The molecule has 0 aromatic heterocycles. The average Bonchev–Trinajstić information content (AvgIpc) is 2.38. The first-order valence-electron chi connectivity index (χ1n) is 6.12. The van der Waals surface area contributed by atoms with Gasteiger partial charge < -0.3 is 14.9 Å². The maximum Gasteiger partial charge on any atom is 0.337 e. The Morgan fingerprint density at radius 1 is 1.33 bits per heavy atom. The maximum atomic E-state index is 11.2. The average molecular weight is 269 g/mol. The molecular weight excluding hydrogens is 252 g/mol. The smallest absolute Gasteiger partial charge is 0.337 e. The minimum absolute atomic E-state index is 0.323. The Bertz CT molecular complexity index is 443. The van der Waals surface area contributed by atoms with E-state index in [0.29, 0.717) is 10.6 Å². The van der Waals surface area contributed by atoms with Gasteiger partial charge in [-0.25, -0.2) is 4.79 Å². The molecule has 5 heteroatoms. The van der Waals surface area contributed by atoms with Gasteiger partial charge in [0.2, 0.25) is 0 Å². The first kappa shape index (κ1) is 13.2. The SMILES string of the molecule is CCN1CCN(c2cc(Cl)ccc2C(=O)O)CC1. The fourth-order valence-electron chi connectivity index (χ4n) is 2.25. The fraction of sp³-hybridized carbons (Fsp3) is 0.462. The number of rotatable bonds is 3. The lowest BCUT2D eigenvalue weighted by Crippen LogP contribution is -2.46. The van der Waals surface area contributed by atoms with Gasteiger partial charge >= 0.3 is 5.97 Å². The van der Waals surface area contributed by atoms with Crippen molar-refractivity contribution in [3.8, 4) is 0 Å². The number of anilines is 1. The highest BCUT2D eigenvalue weighted by molar-refractivity contribution is 6.31. The summed E-state index contributed by atoms with van der Waals surface area (Å²) in [5.41, 5.74) is 1.05. The van der Waals surface area contributed by atoms with Crippen molar-refractivity contribution < 1.29 is 9.90 Å². The third-order valence-electron chi connectivity index (χ3n) is 3.35. The van der Waals surface area contributed by atoms with Crippen LogP contribution in [0.1, 0.15) is 17.3 Å². The number of carbonyl (C=O) groups is 1. The molecule has 1 fully saturated rings. The van der Waals surface area contributed by atoms with E-state index >= 15 is 0 Å². The summed E-state index contributed by atoms with van der Waals surface area (Å²) in [4.78, 5) is 15.7. The normalized spacial score (nSPS) is 16.9. The van der Waals surface area contributed by atoms with Crippen molar-refractivity contribution in [3.05, 3.63) is 28.8 Å². The van der Waals surface area contributed by atoms with E-state index in [1.54, 1.807) is 18.2 Å². The summed E-state index contributed by atoms with van der Waals surface area (Å²) >= 11 is 5.97. The van der Waals surface area contributed by atoms with E-state index in [1.807, 2.05) is 0 Å². The largest absolute Gasteiger partial charge is 0.478 e. The highest BCUT2D eigenvalue weighted by atomic mass is 35.5. The van der Waals surface area contributed by atoms with Crippen LogP contribution in [0.3, 0.4) is 0 Å². The lowest BCUT2D eigenvalue weighted by Gasteiger charge is -2.36. The molecule has 0 radical (unpaired) electrons. The lowest BCUT2D eigenvalue weighted by molar-refractivity contribution is 0.0697. The van der Waals surface area contributed by atoms with Crippen LogP contribution in [0.4, 0.5) is 5.69 Å². The van der Waals surface area contributed by atoms with Crippen molar-refractivity contribution in [1.82, 2.24) is 4.90 Å². The minimum atomic E-state index is -0.903. The van der Waals surface area contributed by atoms with Crippen molar-refractivity contribution in [3.63, 3.8) is 0 Å². The predicted molar refractivity (Wildman–Crippen MR) is 72.7 cm³/mol. The van der Waals surface area contributed by atoms with Crippen molar-refractivity contribution in [1.29, 1.82) is 0 Å². The van der Waals surface area contributed by atoms with Gasteiger partial charge in [0.05, 0.1) is 11.3 Å². The summed E-state index contributed by atoms with van der Waals surface area (Å²) in [5.74, 6) is -0.903. The number of halogens is 1. The molecule has 2 rings (SSSR count). The zero-order valence-corrected chi connectivity index (χ0v) is 11.2. The van der Waals surface area contributed by atoms with Crippen molar-refractivity contribution in [2.45, 2.75) is 6.92 Å². The van der Waals surface area contributed by atoms with E-state index in [2.05, 4.69) is 16.7 Å². The van der Waals surface area contributed by atoms with Crippen molar-refractivity contribution >= 4 is 23.3 Å². The molecule has 1 aliphatic rings. The molecule has 1 heterocycles. The summed E-state index contributed by atoms with van der Waals surface area (Å²) < 4.78 is 0. The van der Waals surface area contributed by atoms with Gasteiger partial charge in [-0.05, 0) is 24.7 Å². The quantitative estimate of drug-likeness (QED) is 0.913. The van der Waals surface area contributed by atoms with Crippen LogP contribution in [0.25, 0.3) is 0 Å². The van der Waals surface area contributed by atoms with Crippen LogP contribution in [0.15, 0.2) is 18.2 Å². The van der Waals surface area contributed by atoms with Crippen LogP contribution < -0.4 is 4.90 Å². The van der Waals surface area contributed by atoms with Gasteiger partial charge in [0.25, 0.3) is 0 Å². The number of carboxylic acid groups (broad SMARTS) is 1. The first-order valence-corrected chi connectivity index (χ1v) is 6.49. The fourth-order valence-corrected chi connectivity index (χ4v) is 2.42. The Hall–Kier alpha value is -1.26. The number of benzene rings is 1. The molecule has 0 saturated carbocycles. The van der Waals surface area contributed by atoms with Gasteiger partial charge in [-0.15, -0.1) is 0 Å². The summed E-state index contributed by atoms with van der Waals surface area (Å²) in [6, 6.07) is 4.94. The number of likely N-dealkylation sites (N-methyl/N-ethyl adjacent to an activating group) is 1. The van der Waals surface area contributed by atoms with Crippen molar-refractivity contribution in [2.24, 2.45) is 0 Å². The van der Waals surface area contributed by atoms with Crippen LogP contribution in [0, 0.1) is 0 Å². The van der Waals surface area contributed by atoms with Crippen LogP contribution in [-0.2, 0) is 0 Å². The highest BCUT2D eigenvalue weighted by Gasteiger charge is 2.20. The van der Waals surface area contributed by atoms with Gasteiger partial charge in [-0.3, -0.25) is 0 Å². The molecule has 0 bridgehead atoms. The molecule has 1 aliphatic heterocycles. The Kier molecular flexibility index (Phi) is 4.09.